The molecule has 1 aromatic carbocycles. The van der Waals surface area contributed by atoms with Crippen LogP contribution in [0.4, 0.5) is 5.69 Å². The zero-order valence-corrected chi connectivity index (χ0v) is 10.2. The molecule has 0 aliphatic heterocycles. The first-order chi connectivity index (χ1) is 8.22. The summed E-state index contributed by atoms with van der Waals surface area (Å²) in [5.41, 5.74) is 4.46. The molecular weight excluding hydrogens is 212 g/mol. The molecule has 88 valence electrons. The lowest BCUT2D eigenvalue weighted by Gasteiger charge is -2.10. The number of benzene rings is 1. The van der Waals surface area contributed by atoms with Crippen molar-refractivity contribution in [2.45, 2.75) is 32.7 Å². The van der Waals surface area contributed by atoms with Crippen molar-refractivity contribution < 1.29 is 4.42 Å². The van der Waals surface area contributed by atoms with Crippen LogP contribution in [0.3, 0.4) is 0 Å². The lowest BCUT2D eigenvalue weighted by molar-refractivity contribution is 0.521. The zero-order valence-electron chi connectivity index (χ0n) is 10.2. The lowest BCUT2D eigenvalue weighted by Crippen LogP contribution is -2.02. The average Bonchev–Trinajstić information content (AvgIpc) is 3.00. The van der Waals surface area contributed by atoms with E-state index in [9.17, 15) is 0 Å². The molecule has 1 fully saturated rings. The summed E-state index contributed by atoms with van der Waals surface area (Å²) in [6.07, 6.45) is 4.26. The molecule has 3 rings (SSSR count). The summed E-state index contributed by atoms with van der Waals surface area (Å²) >= 11 is 0. The lowest BCUT2D eigenvalue weighted by atomic mass is 10.1. The van der Waals surface area contributed by atoms with Crippen LogP contribution in [0.1, 0.15) is 24.3 Å². The molecule has 3 heteroatoms. The van der Waals surface area contributed by atoms with Crippen LogP contribution < -0.4 is 5.32 Å². The summed E-state index contributed by atoms with van der Waals surface area (Å²) in [6.45, 7) is 3.97. The van der Waals surface area contributed by atoms with Gasteiger partial charge >= 0.3 is 0 Å². The van der Waals surface area contributed by atoms with E-state index in [4.69, 9.17) is 4.42 Å². The molecule has 2 aromatic rings. The molecule has 3 nitrogen and oxygen atoms in total. The molecule has 0 radical (unpaired) electrons. The van der Waals surface area contributed by atoms with E-state index in [1.807, 2.05) is 6.92 Å². The van der Waals surface area contributed by atoms with Crippen molar-refractivity contribution in [1.82, 2.24) is 4.98 Å². The van der Waals surface area contributed by atoms with Crippen LogP contribution in [0.2, 0.25) is 0 Å². The third kappa shape index (κ3) is 2.18. The topological polar surface area (TPSA) is 38.1 Å². The molecule has 0 spiro atoms. The number of nitrogens with one attached hydrogen (secondary N) is 1. The van der Waals surface area contributed by atoms with Crippen molar-refractivity contribution >= 4 is 5.69 Å². The van der Waals surface area contributed by atoms with E-state index in [2.05, 4.69) is 35.4 Å². The second-order valence-corrected chi connectivity index (χ2v) is 4.72. The van der Waals surface area contributed by atoms with E-state index in [0.29, 0.717) is 11.9 Å². The van der Waals surface area contributed by atoms with Crippen molar-refractivity contribution in [2.75, 3.05) is 5.32 Å². The zero-order chi connectivity index (χ0) is 11.8. The first-order valence-corrected chi connectivity index (χ1v) is 6.02. The summed E-state index contributed by atoms with van der Waals surface area (Å²) in [6, 6.07) is 7.04. The van der Waals surface area contributed by atoms with Crippen LogP contribution >= 0.6 is 0 Å². The molecule has 1 aliphatic carbocycles. The standard InChI is InChI=1S/C14H16N2O/c1-9-3-6-12(14-8-17-10(2)15-14)13(7-9)16-11-4-5-11/h3,6-8,11,16H,4-5H2,1-2H3. The molecule has 17 heavy (non-hydrogen) atoms. The molecule has 0 saturated heterocycles. The Morgan fingerprint density at radius 1 is 1.29 bits per heavy atom. The maximum Gasteiger partial charge on any atom is 0.191 e. The van der Waals surface area contributed by atoms with Crippen molar-refractivity contribution in [3.05, 3.63) is 35.9 Å². The van der Waals surface area contributed by atoms with E-state index < -0.39 is 0 Å². The highest BCUT2D eigenvalue weighted by Crippen LogP contribution is 2.32. The maximum atomic E-state index is 5.29. The van der Waals surface area contributed by atoms with Crippen LogP contribution in [-0.4, -0.2) is 11.0 Å². The Morgan fingerprint density at radius 3 is 2.76 bits per heavy atom. The Balaban J connectivity index is 2.01. The highest BCUT2D eigenvalue weighted by Gasteiger charge is 2.22. The van der Waals surface area contributed by atoms with Crippen LogP contribution in [0.5, 0.6) is 0 Å². The number of hydrogen-bond acceptors (Lipinski definition) is 3. The van der Waals surface area contributed by atoms with Gasteiger partial charge in [0.05, 0.1) is 0 Å². The van der Waals surface area contributed by atoms with Gasteiger partial charge in [-0.1, -0.05) is 12.1 Å². The fourth-order valence-electron chi connectivity index (χ4n) is 1.94. The summed E-state index contributed by atoms with van der Waals surface area (Å²) < 4.78 is 5.29. The summed E-state index contributed by atoms with van der Waals surface area (Å²) in [5.74, 6) is 0.706. The number of nitrogens with zero attached hydrogens (tertiary/aromatic N) is 1. The molecule has 1 aliphatic rings. The van der Waals surface area contributed by atoms with Crippen LogP contribution in [-0.2, 0) is 0 Å². The molecule has 0 atom stereocenters. The normalized spacial score (nSPS) is 14.9. The minimum Gasteiger partial charge on any atom is -0.449 e. The quantitative estimate of drug-likeness (QED) is 0.873. The molecule has 0 amide bonds. The Bertz CT molecular complexity index is 541. The van der Waals surface area contributed by atoms with Crippen LogP contribution in [0.25, 0.3) is 11.3 Å². The van der Waals surface area contributed by atoms with Crippen molar-refractivity contribution in [2.24, 2.45) is 0 Å². The third-order valence-corrected chi connectivity index (χ3v) is 3.01. The van der Waals surface area contributed by atoms with Gasteiger partial charge in [-0.15, -0.1) is 0 Å². The molecular formula is C14H16N2O. The van der Waals surface area contributed by atoms with E-state index >= 15 is 0 Å². The molecule has 0 unspecified atom stereocenters. The van der Waals surface area contributed by atoms with Gasteiger partial charge in [-0.2, -0.15) is 0 Å². The van der Waals surface area contributed by atoms with Gasteiger partial charge in [0.2, 0.25) is 0 Å². The molecule has 1 N–H and O–H groups in total. The monoisotopic (exact) mass is 228 g/mol. The fourth-order valence-corrected chi connectivity index (χ4v) is 1.94. The minimum absolute atomic E-state index is 0.642. The van der Waals surface area contributed by atoms with Crippen LogP contribution in [0.15, 0.2) is 28.9 Å². The van der Waals surface area contributed by atoms with Gasteiger partial charge in [0.25, 0.3) is 0 Å². The number of oxazole rings is 1. The van der Waals surface area contributed by atoms with Gasteiger partial charge in [-0.05, 0) is 31.4 Å². The number of aryl methyl sites for hydroxylation is 2. The largest absolute Gasteiger partial charge is 0.449 e. The van der Waals surface area contributed by atoms with Gasteiger partial charge in [0.1, 0.15) is 12.0 Å². The van der Waals surface area contributed by atoms with Crippen LogP contribution in [0, 0.1) is 13.8 Å². The molecule has 1 saturated carbocycles. The van der Waals surface area contributed by atoms with Crippen molar-refractivity contribution in [3.63, 3.8) is 0 Å². The number of aromatic nitrogens is 1. The number of anilines is 1. The predicted octanol–water partition coefficient (Wildman–Crippen LogP) is 3.53. The Labute approximate surface area is 101 Å². The van der Waals surface area contributed by atoms with Crippen molar-refractivity contribution in [1.29, 1.82) is 0 Å². The average molecular weight is 228 g/mol. The Morgan fingerprint density at radius 2 is 2.12 bits per heavy atom. The highest BCUT2D eigenvalue weighted by molar-refractivity contribution is 5.76. The third-order valence-electron chi connectivity index (χ3n) is 3.01. The fraction of sp³-hybridized carbons (Fsp3) is 0.357. The smallest absolute Gasteiger partial charge is 0.191 e. The predicted molar refractivity (Wildman–Crippen MR) is 68.1 cm³/mol. The second kappa shape index (κ2) is 3.91. The van der Waals surface area contributed by atoms with Gasteiger partial charge in [-0.3, -0.25) is 0 Å². The van der Waals surface area contributed by atoms with E-state index in [1.165, 1.54) is 24.1 Å². The maximum absolute atomic E-state index is 5.29. The van der Waals surface area contributed by atoms with Gasteiger partial charge in [-0.25, -0.2) is 4.98 Å². The number of rotatable bonds is 3. The first kappa shape index (κ1) is 10.4. The Hall–Kier alpha value is -1.77. The van der Waals surface area contributed by atoms with Gasteiger partial charge in [0.15, 0.2) is 5.89 Å². The minimum atomic E-state index is 0.642. The summed E-state index contributed by atoms with van der Waals surface area (Å²) in [5, 5.41) is 3.55. The number of hydrogen-bond donors (Lipinski definition) is 1. The van der Waals surface area contributed by atoms with Crippen molar-refractivity contribution in [3.8, 4) is 11.3 Å². The van der Waals surface area contributed by atoms with E-state index in [-0.39, 0.29) is 0 Å². The van der Waals surface area contributed by atoms with E-state index in [0.717, 1.165) is 11.3 Å². The second-order valence-electron chi connectivity index (χ2n) is 4.72. The van der Waals surface area contributed by atoms with E-state index in [1.54, 1.807) is 6.26 Å². The summed E-state index contributed by atoms with van der Waals surface area (Å²) in [4.78, 5) is 4.39. The Kier molecular flexibility index (Phi) is 2.39. The molecule has 1 aromatic heterocycles. The molecule has 0 bridgehead atoms. The summed E-state index contributed by atoms with van der Waals surface area (Å²) in [7, 11) is 0. The van der Waals surface area contributed by atoms with Gasteiger partial charge in [0, 0.05) is 24.2 Å². The SMILES string of the molecule is Cc1ccc(-c2coc(C)n2)c(NC2CC2)c1. The highest BCUT2D eigenvalue weighted by atomic mass is 16.3. The molecule has 1 heterocycles. The first-order valence-electron chi connectivity index (χ1n) is 6.02. The van der Waals surface area contributed by atoms with Gasteiger partial charge < -0.3 is 9.73 Å².